The van der Waals surface area contributed by atoms with Crippen LogP contribution in [0.1, 0.15) is 164 Å². The monoisotopic (exact) mass is 998 g/mol. The number of quaternary nitrogens is 1. The van der Waals surface area contributed by atoms with Crippen LogP contribution < -0.4 is 64.4 Å². The SMILES string of the molecule is CCCCC(NC(=O)[C@H](CCCC[NH3+])NC(=O)C(CCCC)NC(=O)[C@H](CO)NC(=O)C(CCCC)NC(=O)[C@H](C)NC(=O)C(CCCC)NC(=O)[C@H](CC(=O)[O-])NC(=O)C(CCCC)NC)C(N)=O. The summed E-state index contributed by atoms with van der Waals surface area (Å²) < 4.78 is 0. The summed E-state index contributed by atoms with van der Waals surface area (Å²) in [7, 11) is 1.56. The van der Waals surface area contributed by atoms with Gasteiger partial charge in [-0.25, -0.2) is 0 Å². The molecule has 402 valence electrons. The number of likely N-dealkylation sites (N-methyl/N-ethyl adjacent to an activating group) is 1. The fourth-order valence-electron chi connectivity index (χ4n) is 7.21. The lowest BCUT2D eigenvalue weighted by Gasteiger charge is -2.27. The largest absolute Gasteiger partial charge is 0.550 e. The molecule has 0 radical (unpaired) electrons. The molecule has 0 aliphatic rings. The van der Waals surface area contributed by atoms with Crippen LogP contribution >= 0.6 is 0 Å². The number of nitrogens with one attached hydrogen (secondary N) is 9. The zero-order valence-electron chi connectivity index (χ0n) is 42.8. The summed E-state index contributed by atoms with van der Waals surface area (Å²) in [5.74, 6) is -8.54. The van der Waals surface area contributed by atoms with Crippen molar-refractivity contribution in [1.29, 1.82) is 0 Å². The Bertz CT molecular complexity index is 1650. The molecule has 5 unspecified atom stereocenters. The third-order valence-corrected chi connectivity index (χ3v) is 11.7. The highest BCUT2D eigenvalue weighted by atomic mass is 16.4. The number of unbranched alkanes of at least 4 members (excludes halogenated alkanes) is 6. The molecule has 0 rings (SSSR count). The normalized spacial score (nSPS) is 14.9. The summed E-state index contributed by atoms with van der Waals surface area (Å²) in [5, 5.41) is 45.2. The Kier molecular flexibility index (Phi) is 34.5. The number of rotatable bonds is 40. The van der Waals surface area contributed by atoms with E-state index in [1.54, 1.807) is 7.05 Å². The Balaban J connectivity index is 6.16. The molecule has 9 atom stereocenters. The molecule has 0 aromatic carbocycles. The molecule has 0 saturated heterocycles. The third kappa shape index (κ3) is 26.0. The van der Waals surface area contributed by atoms with Crippen LogP contribution in [0.25, 0.3) is 0 Å². The number of primary amides is 1. The molecule has 0 aromatic rings. The number of aliphatic hydroxyl groups excluding tert-OH is 1. The first-order valence-electron chi connectivity index (χ1n) is 25.3. The van der Waals surface area contributed by atoms with Gasteiger partial charge in [0.25, 0.3) is 0 Å². The van der Waals surface area contributed by atoms with Crippen LogP contribution in [0.15, 0.2) is 0 Å². The highest BCUT2D eigenvalue weighted by Gasteiger charge is 2.34. The Morgan fingerprint density at radius 1 is 0.443 bits per heavy atom. The first-order chi connectivity index (χ1) is 33.3. The second-order valence-electron chi connectivity index (χ2n) is 17.7. The number of hydrogen-bond donors (Lipinski definition) is 12. The second kappa shape index (κ2) is 37.4. The average Bonchev–Trinajstić information content (AvgIpc) is 3.32. The second-order valence-corrected chi connectivity index (χ2v) is 17.7. The Hall–Kier alpha value is -5.42. The fourth-order valence-corrected chi connectivity index (χ4v) is 7.21. The minimum atomic E-state index is -1.61. The maximum atomic E-state index is 13.8. The third-order valence-electron chi connectivity index (χ3n) is 11.7. The lowest BCUT2D eigenvalue weighted by molar-refractivity contribution is -0.368. The summed E-state index contributed by atoms with van der Waals surface area (Å²) in [5.41, 5.74) is 9.36. The molecule has 0 aliphatic carbocycles. The van der Waals surface area contributed by atoms with Gasteiger partial charge in [-0.1, -0.05) is 98.8 Å². The van der Waals surface area contributed by atoms with E-state index in [4.69, 9.17) is 5.73 Å². The zero-order valence-corrected chi connectivity index (χ0v) is 42.8. The Labute approximate surface area is 413 Å². The standard InChI is InChI=1S/C47H87N11O12/c1-8-13-20-30(39(49)62)52-43(66)35(25-18-19-26-48)54-44(67)34(24-17-12-5)56-47(70)37(28-59)58-45(68)33(23-16-11-4)53-40(63)29(6)51-42(65)32(22-15-10-3)55-46(69)36(27-38(60)61)57-41(64)31(50-7)21-14-9-2/h29-37,50,59H,8-28,48H2,1-7H3,(H2,49,62)(H,51,65)(H,52,66)(H,53,63)(H,54,67)(H,55,69)(H,56,70)(H,57,64)(H,58,68)(H,60,61)/t29-,30?,31?,32?,33?,34?,35-,36-,37-/m0/s1. The van der Waals surface area contributed by atoms with Crippen molar-refractivity contribution in [2.24, 2.45) is 5.73 Å². The van der Waals surface area contributed by atoms with Crippen molar-refractivity contribution < 1.29 is 63.9 Å². The summed E-state index contributed by atoms with van der Waals surface area (Å²) in [6, 6.07) is -10.9. The maximum absolute atomic E-state index is 13.8. The summed E-state index contributed by atoms with van der Waals surface area (Å²) in [4.78, 5) is 132. The first kappa shape index (κ1) is 64.6. The molecule has 0 bridgehead atoms. The summed E-state index contributed by atoms with van der Waals surface area (Å²) in [6.45, 7) is 10.5. The van der Waals surface area contributed by atoms with Crippen LogP contribution in [0.2, 0.25) is 0 Å². The highest BCUT2D eigenvalue weighted by Crippen LogP contribution is 2.10. The molecule has 0 aliphatic heterocycles. The average molecular weight is 998 g/mol. The fraction of sp³-hybridized carbons (Fsp3) is 0.787. The molecule has 9 amide bonds. The van der Waals surface area contributed by atoms with Crippen molar-refractivity contribution in [3.05, 3.63) is 0 Å². The molecular weight excluding hydrogens is 911 g/mol. The number of nitrogens with two attached hydrogens (primary N) is 1. The van der Waals surface area contributed by atoms with Gasteiger partial charge >= 0.3 is 0 Å². The quantitative estimate of drug-likeness (QED) is 0.0282. The smallest absolute Gasteiger partial charge is 0.245 e. The van der Waals surface area contributed by atoms with E-state index in [0.717, 1.165) is 12.8 Å². The van der Waals surface area contributed by atoms with Gasteiger partial charge in [0.1, 0.15) is 48.3 Å². The van der Waals surface area contributed by atoms with Crippen LogP contribution in [0, 0.1) is 0 Å². The first-order valence-corrected chi connectivity index (χ1v) is 25.3. The van der Waals surface area contributed by atoms with Gasteiger partial charge in [0, 0.05) is 12.4 Å². The predicted octanol–water partition coefficient (Wildman–Crippen LogP) is -2.55. The predicted molar refractivity (Wildman–Crippen MR) is 259 cm³/mol. The van der Waals surface area contributed by atoms with E-state index >= 15 is 0 Å². The number of amides is 9. The van der Waals surface area contributed by atoms with E-state index in [2.05, 4.69) is 53.6 Å². The number of carboxylic acids is 1. The van der Waals surface area contributed by atoms with Crippen molar-refractivity contribution in [2.75, 3.05) is 20.2 Å². The molecule has 23 nitrogen and oxygen atoms in total. The van der Waals surface area contributed by atoms with Crippen LogP contribution in [-0.4, -0.2) is 139 Å². The van der Waals surface area contributed by atoms with Crippen molar-refractivity contribution >= 4 is 59.1 Å². The minimum absolute atomic E-state index is 0.0935. The topological polar surface area (TPSA) is 376 Å². The maximum Gasteiger partial charge on any atom is 0.245 e. The Morgan fingerprint density at radius 3 is 1.11 bits per heavy atom. The summed E-state index contributed by atoms with van der Waals surface area (Å²) in [6.07, 6.45) is 7.72. The molecular formula is C47H87N11O12. The van der Waals surface area contributed by atoms with Gasteiger partial charge in [0.2, 0.25) is 53.2 Å². The molecule has 0 heterocycles. The molecule has 0 fully saturated rings. The van der Waals surface area contributed by atoms with Gasteiger partial charge in [-0.05, 0) is 65.3 Å². The molecule has 0 spiro atoms. The van der Waals surface area contributed by atoms with E-state index in [-0.39, 0.29) is 25.7 Å². The van der Waals surface area contributed by atoms with Gasteiger partial charge in [0.05, 0.1) is 19.2 Å². The molecule has 23 heteroatoms. The van der Waals surface area contributed by atoms with E-state index in [9.17, 15) is 58.2 Å². The van der Waals surface area contributed by atoms with E-state index in [1.165, 1.54) is 6.92 Å². The number of aliphatic carboxylic acids is 1. The van der Waals surface area contributed by atoms with Crippen molar-refractivity contribution in [3.8, 4) is 0 Å². The highest BCUT2D eigenvalue weighted by molar-refractivity contribution is 5.98. The van der Waals surface area contributed by atoms with Crippen molar-refractivity contribution in [2.45, 2.75) is 218 Å². The lowest BCUT2D eigenvalue weighted by atomic mass is 10.0. The van der Waals surface area contributed by atoms with Gasteiger partial charge in [0.15, 0.2) is 0 Å². The van der Waals surface area contributed by atoms with Gasteiger partial charge < -0.3 is 74.3 Å². The molecule has 70 heavy (non-hydrogen) atoms. The van der Waals surface area contributed by atoms with E-state index in [1.807, 2.05) is 34.6 Å². The lowest BCUT2D eigenvalue weighted by Crippen LogP contribution is -2.60. The number of carbonyl (C=O) groups is 10. The molecule has 15 N–H and O–H groups in total. The number of hydrogen-bond acceptors (Lipinski definition) is 13. The Morgan fingerprint density at radius 2 is 0.743 bits per heavy atom. The number of carbonyl (C=O) groups excluding carboxylic acids is 10. The van der Waals surface area contributed by atoms with Gasteiger partial charge in [-0.2, -0.15) is 0 Å². The molecule has 0 saturated carbocycles. The van der Waals surface area contributed by atoms with Crippen molar-refractivity contribution in [3.63, 3.8) is 0 Å². The summed E-state index contributed by atoms with van der Waals surface area (Å²) >= 11 is 0. The van der Waals surface area contributed by atoms with Gasteiger partial charge in [-0.15, -0.1) is 0 Å². The zero-order chi connectivity index (χ0) is 53.2. The van der Waals surface area contributed by atoms with Crippen LogP contribution in [-0.2, 0) is 47.9 Å². The van der Waals surface area contributed by atoms with Crippen LogP contribution in [0.3, 0.4) is 0 Å². The van der Waals surface area contributed by atoms with Gasteiger partial charge in [-0.3, -0.25) is 43.2 Å². The van der Waals surface area contributed by atoms with Crippen LogP contribution in [0.5, 0.6) is 0 Å². The molecule has 0 aromatic heterocycles. The van der Waals surface area contributed by atoms with Crippen LogP contribution in [0.4, 0.5) is 0 Å². The number of carboxylic acid groups (broad SMARTS) is 1. The number of aliphatic hydroxyl groups is 1. The minimum Gasteiger partial charge on any atom is -0.550 e. The van der Waals surface area contributed by atoms with E-state index < -0.39 is 127 Å². The van der Waals surface area contributed by atoms with Crippen molar-refractivity contribution in [1.82, 2.24) is 47.9 Å². The van der Waals surface area contributed by atoms with E-state index in [0.29, 0.717) is 83.6 Å².